The average molecular weight is 260 g/mol. The van der Waals surface area contributed by atoms with Crippen molar-refractivity contribution in [1.29, 1.82) is 0 Å². The molecule has 92 valence electrons. The molecule has 2 unspecified atom stereocenters. The minimum absolute atomic E-state index is 0.137. The van der Waals surface area contributed by atoms with Crippen molar-refractivity contribution >= 4 is 21.6 Å². The lowest BCUT2D eigenvalue weighted by Gasteiger charge is -2.27. The van der Waals surface area contributed by atoms with Gasteiger partial charge in [0.15, 0.2) is 0 Å². The first-order valence-corrected chi connectivity index (χ1v) is 7.20. The fourth-order valence-corrected chi connectivity index (χ4v) is 3.84. The summed E-state index contributed by atoms with van der Waals surface area (Å²) in [5.74, 6) is -0.329. The normalized spacial score (nSPS) is 17.6. The van der Waals surface area contributed by atoms with Gasteiger partial charge >= 0.3 is 6.18 Å². The van der Waals surface area contributed by atoms with Gasteiger partial charge in [0.2, 0.25) is 0 Å². The van der Waals surface area contributed by atoms with Gasteiger partial charge in [-0.2, -0.15) is 13.2 Å². The third-order valence-corrected chi connectivity index (χ3v) is 5.83. The molecule has 0 aliphatic rings. The monoisotopic (exact) mass is 260 g/mol. The molecule has 0 saturated carbocycles. The van der Waals surface area contributed by atoms with Gasteiger partial charge in [-0.25, -0.2) is 0 Å². The van der Waals surface area contributed by atoms with Crippen LogP contribution in [0, 0.1) is 5.92 Å². The van der Waals surface area contributed by atoms with Crippen molar-refractivity contribution in [2.75, 3.05) is 0 Å². The van der Waals surface area contributed by atoms with Crippen LogP contribution in [0.2, 0.25) is 0 Å². The average Bonchev–Trinajstić information content (AvgIpc) is 1.99. The summed E-state index contributed by atoms with van der Waals surface area (Å²) in [5, 5.41) is -1.26. The van der Waals surface area contributed by atoms with E-state index in [2.05, 4.69) is 0 Å². The Bertz CT molecular complexity index is 184. The van der Waals surface area contributed by atoms with Crippen LogP contribution in [0.25, 0.3) is 0 Å². The van der Waals surface area contributed by atoms with Crippen LogP contribution < -0.4 is 0 Å². The predicted octanol–water partition coefficient (Wildman–Crippen LogP) is 5.14. The van der Waals surface area contributed by atoms with E-state index in [1.165, 1.54) is 10.8 Å². The predicted molar refractivity (Wildman–Crippen MR) is 64.2 cm³/mol. The SMILES string of the molecule is CCC(C)C(SSC(C)(C)C)C(F)(F)F. The molecule has 0 aromatic heterocycles. The Hall–Kier alpha value is 0.490. The van der Waals surface area contributed by atoms with E-state index in [1.54, 1.807) is 13.8 Å². The smallest absolute Gasteiger partial charge is 0.170 e. The molecule has 5 heteroatoms. The lowest BCUT2D eigenvalue weighted by molar-refractivity contribution is -0.136. The van der Waals surface area contributed by atoms with Gasteiger partial charge in [0, 0.05) is 4.75 Å². The largest absolute Gasteiger partial charge is 0.401 e. The third kappa shape index (κ3) is 6.61. The molecule has 0 nitrogen and oxygen atoms in total. The molecule has 0 rings (SSSR count). The van der Waals surface area contributed by atoms with Gasteiger partial charge in [0.05, 0.1) is 0 Å². The molecule has 0 aliphatic carbocycles. The number of rotatable bonds is 4. The number of hydrogen-bond acceptors (Lipinski definition) is 2. The zero-order valence-electron chi connectivity index (χ0n) is 9.81. The second kappa shape index (κ2) is 5.71. The first kappa shape index (κ1) is 15.5. The Morgan fingerprint density at radius 2 is 1.60 bits per heavy atom. The quantitative estimate of drug-likeness (QED) is 0.642. The van der Waals surface area contributed by atoms with Gasteiger partial charge in [-0.15, -0.1) is 0 Å². The molecule has 0 amide bonds. The topological polar surface area (TPSA) is 0 Å². The minimum Gasteiger partial charge on any atom is -0.170 e. The highest BCUT2D eigenvalue weighted by Gasteiger charge is 2.43. The molecule has 2 atom stereocenters. The van der Waals surface area contributed by atoms with Crippen molar-refractivity contribution in [3.05, 3.63) is 0 Å². The molecule has 0 spiro atoms. The summed E-state index contributed by atoms with van der Waals surface area (Å²) in [7, 11) is 2.27. The van der Waals surface area contributed by atoms with Crippen LogP contribution in [-0.4, -0.2) is 16.2 Å². The van der Waals surface area contributed by atoms with E-state index in [-0.39, 0.29) is 10.7 Å². The van der Waals surface area contributed by atoms with Crippen molar-refractivity contribution in [1.82, 2.24) is 0 Å². The van der Waals surface area contributed by atoms with Gasteiger partial charge in [0.1, 0.15) is 5.25 Å². The van der Waals surface area contributed by atoms with E-state index < -0.39 is 11.4 Å². The molecule has 0 saturated heterocycles. The van der Waals surface area contributed by atoms with Gasteiger partial charge < -0.3 is 0 Å². The lowest BCUT2D eigenvalue weighted by Crippen LogP contribution is -2.31. The molecule has 0 aromatic carbocycles. The summed E-state index contributed by atoms with van der Waals surface area (Å²) >= 11 is 0. The second-order valence-electron chi connectivity index (χ2n) is 4.64. The zero-order valence-corrected chi connectivity index (χ0v) is 11.4. The molecule has 0 fully saturated rings. The van der Waals surface area contributed by atoms with Crippen LogP contribution in [0.1, 0.15) is 41.0 Å². The molecular weight excluding hydrogens is 241 g/mol. The van der Waals surface area contributed by atoms with E-state index in [0.29, 0.717) is 6.42 Å². The zero-order chi connectivity index (χ0) is 12.3. The van der Waals surface area contributed by atoms with Crippen LogP contribution in [0.3, 0.4) is 0 Å². The van der Waals surface area contributed by atoms with E-state index in [1.807, 2.05) is 20.8 Å². The van der Waals surface area contributed by atoms with Crippen molar-refractivity contribution in [3.63, 3.8) is 0 Å². The van der Waals surface area contributed by atoms with Gasteiger partial charge in [0.25, 0.3) is 0 Å². The Morgan fingerprint density at radius 3 is 1.87 bits per heavy atom. The first-order valence-electron chi connectivity index (χ1n) is 4.99. The summed E-state index contributed by atoms with van der Waals surface area (Å²) < 4.78 is 38.0. The van der Waals surface area contributed by atoms with Gasteiger partial charge in [-0.3, -0.25) is 0 Å². The Labute approximate surface area is 98.2 Å². The fraction of sp³-hybridized carbons (Fsp3) is 1.00. The van der Waals surface area contributed by atoms with Crippen LogP contribution in [0.4, 0.5) is 13.2 Å². The summed E-state index contributed by atoms with van der Waals surface area (Å²) in [5.41, 5.74) is 0. The summed E-state index contributed by atoms with van der Waals surface area (Å²) in [6.07, 6.45) is -3.54. The summed E-state index contributed by atoms with van der Waals surface area (Å²) in [6.45, 7) is 9.23. The first-order chi connectivity index (χ1) is 6.58. The molecule has 0 bridgehead atoms. The van der Waals surface area contributed by atoms with Crippen molar-refractivity contribution in [2.45, 2.75) is 57.2 Å². The molecule has 15 heavy (non-hydrogen) atoms. The molecule has 0 radical (unpaired) electrons. The van der Waals surface area contributed by atoms with Crippen LogP contribution in [-0.2, 0) is 0 Å². The molecule has 0 aromatic rings. The standard InChI is InChI=1S/C10H19F3S2/c1-6-7(2)8(10(11,12)13)14-15-9(3,4)5/h7-8H,6H2,1-5H3. The van der Waals surface area contributed by atoms with E-state index >= 15 is 0 Å². The maximum absolute atomic E-state index is 12.7. The van der Waals surface area contributed by atoms with E-state index in [9.17, 15) is 13.2 Å². The Balaban J connectivity index is 4.40. The highest BCUT2D eigenvalue weighted by Crippen LogP contribution is 2.46. The maximum atomic E-state index is 12.7. The molecule has 0 N–H and O–H groups in total. The van der Waals surface area contributed by atoms with Crippen LogP contribution in [0.5, 0.6) is 0 Å². The van der Waals surface area contributed by atoms with Gasteiger partial charge in [-0.1, -0.05) is 62.6 Å². The van der Waals surface area contributed by atoms with Gasteiger partial charge in [-0.05, 0) is 5.92 Å². The third-order valence-electron chi connectivity index (χ3n) is 1.89. The molecular formula is C10H19F3S2. The van der Waals surface area contributed by atoms with Crippen LogP contribution in [0.15, 0.2) is 0 Å². The van der Waals surface area contributed by atoms with Crippen molar-refractivity contribution in [2.24, 2.45) is 5.92 Å². The summed E-state index contributed by atoms with van der Waals surface area (Å²) in [4.78, 5) is 0. The van der Waals surface area contributed by atoms with Crippen molar-refractivity contribution in [3.8, 4) is 0 Å². The minimum atomic E-state index is -4.10. The second-order valence-corrected chi connectivity index (χ2v) is 7.81. The summed E-state index contributed by atoms with van der Waals surface area (Å²) in [6, 6.07) is 0. The van der Waals surface area contributed by atoms with Crippen molar-refractivity contribution < 1.29 is 13.2 Å². The highest BCUT2D eigenvalue weighted by atomic mass is 33.1. The molecule has 0 heterocycles. The fourth-order valence-electron chi connectivity index (χ4n) is 0.882. The molecule has 0 aliphatic heterocycles. The lowest BCUT2D eigenvalue weighted by atomic mass is 10.0. The Kier molecular flexibility index (Phi) is 5.90. The Morgan fingerprint density at radius 1 is 1.13 bits per heavy atom. The van der Waals surface area contributed by atoms with E-state index in [4.69, 9.17) is 0 Å². The number of hydrogen-bond donors (Lipinski definition) is 0. The maximum Gasteiger partial charge on any atom is 0.401 e. The number of halogens is 3. The van der Waals surface area contributed by atoms with Crippen LogP contribution >= 0.6 is 21.6 Å². The van der Waals surface area contributed by atoms with E-state index in [0.717, 1.165) is 10.8 Å². The highest BCUT2D eigenvalue weighted by molar-refractivity contribution is 8.77. The number of alkyl halides is 3.